The van der Waals surface area contributed by atoms with Crippen molar-refractivity contribution in [3.05, 3.63) is 22.8 Å². The number of nitrogens with zero attached hydrogens (tertiary/aromatic N) is 2. The lowest BCUT2D eigenvalue weighted by atomic mass is 9.98. The summed E-state index contributed by atoms with van der Waals surface area (Å²) < 4.78 is 0. The van der Waals surface area contributed by atoms with Gasteiger partial charge in [0.1, 0.15) is 11.0 Å². The van der Waals surface area contributed by atoms with Gasteiger partial charge in [-0.3, -0.25) is 4.79 Å². The zero-order chi connectivity index (χ0) is 13.8. The van der Waals surface area contributed by atoms with Crippen molar-refractivity contribution in [3.8, 4) is 0 Å². The third kappa shape index (κ3) is 3.36. The van der Waals surface area contributed by atoms with Crippen molar-refractivity contribution in [2.45, 2.75) is 12.8 Å². The smallest absolute Gasteiger partial charge is 0.254 e. The maximum Gasteiger partial charge on any atom is 0.254 e. The first-order valence-electron chi connectivity index (χ1n) is 6.39. The number of aromatic nitrogens is 1. The molecule has 1 aromatic heterocycles. The topological polar surface area (TPSA) is 65.5 Å². The van der Waals surface area contributed by atoms with Gasteiger partial charge in [0.05, 0.1) is 0 Å². The number of aliphatic hydroxyl groups excluding tert-OH is 1. The molecule has 0 aliphatic carbocycles. The largest absolute Gasteiger partial charge is 0.396 e. The molecule has 1 aliphatic heterocycles. The van der Waals surface area contributed by atoms with Gasteiger partial charge in [0.2, 0.25) is 0 Å². The predicted molar refractivity (Wildman–Crippen MR) is 74.5 cm³/mol. The SMILES string of the molecule is CNc1cc(C(=O)N2CCCC(CO)C2)cc(Cl)n1. The Bertz CT molecular complexity index is 467. The number of halogens is 1. The van der Waals surface area contributed by atoms with E-state index < -0.39 is 0 Å². The molecule has 0 spiro atoms. The molecule has 2 heterocycles. The number of amides is 1. The number of carbonyl (C=O) groups excluding carboxylic acids is 1. The number of nitrogens with one attached hydrogen (secondary N) is 1. The van der Waals surface area contributed by atoms with Crippen molar-refractivity contribution in [1.82, 2.24) is 9.88 Å². The molecule has 5 nitrogen and oxygen atoms in total. The van der Waals surface area contributed by atoms with E-state index in [1.165, 1.54) is 0 Å². The van der Waals surface area contributed by atoms with Gasteiger partial charge in [-0.1, -0.05) is 11.6 Å². The Hall–Kier alpha value is -1.33. The van der Waals surface area contributed by atoms with Gasteiger partial charge < -0.3 is 15.3 Å². The molecule has 0 radical (unpaired) electrons. The van der Waals surface area contributed by atoms with Crippen LogP contribution in [-0.4, -0.2) is 47.6 Å². The fourth-order valence-corrected chi connectivity index (χ4v) is 2.54. The lowest BCUT2D eigenvalue weighted by Crippen LogP contribution is -2.41. The van der Waals surface area contributed by atoms with Crippen LogP contribution in [0, 0.1) is 5.92 Å². The van der Waals surface area contributed by atoms with E-state index in [9.17, 15) is 9.90 Å². The Labute approximate surface area is 117 Å². The summed E-state index contributed by atoms with van der Waals surface area (Å²) in [5.41, 5.74) is 0.530. The molecule has 0 bridgehead atoms. The molecule has 0 aromatic carbocycles. The summed E-state index contributed by atoms with van der Waals surface area (Å²) >= 11 is 5.91. The minimum atomic E-state index is -0.0565. The number of pyridine rings is 1. The summed E-state index contributed by atoms with van der Waals surface area (Å²) in [7, 11) is 1.73. The monoisotopic (exact) mass is 283 g/mol. The highest BCUT2D eigenvalue weighted by molar-refractivity contribution is 6.29. The van der Waals surface area contributed by atoms with Crippen molar-refractivity contribution in [3.63, 3.8) is 0 Å². The van der Waals surface area contributed by atoms with E-state index in [-0.39, 0.29) is 18.4 Å². The molecule has 0 saturated carbocycles. The van der Waals surface area contributed by atoms with Crippen LogP contribution in [-0.2, 0) is 0 Å². The van der Waals surface area contributed by atoms with Crippen LogP contribution in [0.5, 0.6) is 0 Å². The van der Waals surface area contributed by atoms with E-state index in [4.69, 9.17) is 11.6 Å². The van der Waals surface area contributed by atoms with Gasteiger partial charge in [0, 0.05) is 32.3 Å². The normalized spacial score (nSPS) is 19.3. The maximum atomic E-state index is 12.4. The van der Waals surface area contributed by atoms with Crippen molar-refractivity contribution in [2.75, 3.05) is 32.1 Å². The zero-order valence-electron chi connectivity index (χ0n) is 10.9. The van der Waals surface area contributed by atoms with Crippen LogP contribution in [0.25, 0.3) is 0 Å². The molecule has 1 unspecified atom stereocenters. The van der Waals surface area contributed by atoms with Crippen LogP contribution >= 0.6 is 11.6 Å². The van der Waals surface area contributed by atoms with Crippen molar-refractivity contribution in [1.29, 1.82) is 0 Å². The van der Waals surface area contributed by atoms with Crippen molar-refractivity contribution in [2.24, 2.45) is 5.92 Å². The van der Waals surface area contributed by atoms with Gasteiger partial charge in [-0.25, -0.2) is 4.98 Å². The van der Waals surface area contributed by atoms with E-state index in [0.29, 0.717) is 23.1 Å². The van der Waals surface area contributed by atoms with Gasteiger partial charge in [-0.2, -0.15) is 0 Å². The van der Waals surface area contributed by atoms with Crippen LogP contribution in [0.15, 0.2) is 12.1 Å². The second kappa shape index (κ2) is 6.21. The number of rotatable bonds is 3. The van der Waals surface area contributed by atoms with Crippen LogP contribution in [0.1, 0.15) is 23.2 Å². The Morgan fingerprint density at radius 2 is 2.42 bits per heavy atom. The second-order valence-corrected chi connectivity index (χ2v) is 5.14. The number of anilines is 1. The molecule has 1 saturated heterocycles. The molecule has 1 aromatic rings. The van der Waals surface area contributed by atoms with Gasteiger partial charge in [0.25, 0.3) is 5.91 Å². The van der Waals surface area contributed by atoms with Crippen molar-refractivity contribution < 1.29 is 9.90 Å². The summed E-state index contributed by atoms with van der Waals surface area (Å²) in [6.07, 6.45) is 1.90. The highest BCUT2D eigenvalue weighted by atomic mass is 35.5. The van der Waals surface area contributed by atoms with E-state index in [2.05, 4.69) is 10.3 Å². The number of hydrogen-bond donors (Lipinski definition) is 2. The number of aliphatic hydroxyl groups is 1. The van der Waals surface area contributed by atoms with E-state index in [1.807, 2.05) is 0 Å². The molecular weight excluding hydrogens is 266 g/mol. The fourth-order valence-electron chi connectivity index (χ4n) is 2.33. The predicted octanol–water partition coefficient (Wildman–Crippen LogP) is 1.62. The first-order chi connectivity index (χ1) is 9.13. The van der Waals surface area contributed by atoms with Gasteiger partial charge in [-0.15, -0.1) is 0 Å². The van der Waals surface area contributed by atoms with E-state index in [1.54, 1.807) is 24.1 Å². The molecule has 19 heavy (non-hydrogen) atoms. The molecule has 1 atom stereocenters. The minimum absolute atomic E-state index is 0.0565. The van der Waals surface area contributed by atoms with Crippen LogP contribution < -0.4 is 5.32 Å². The molecule has 1 amide bonds. The molecule has 104 valence electrons. The van der Waals surface area contributed by atoms with Crippen LogP contribution in [0.3, 0.4) is 0 Å². The quantitative estimate of drug-likeness (QED) is 0.828. The molecule has 2 N–H and O–H groups in total. The van der Waals surface area contributed by atoms with Gasteiger partial charge >= 0.3 is 0 Å². The first-order valence-corrected chi connectivity index (χ1v) is 6.77. The van der Waals surface area contributed by atoms with Gasteiger partial charge in [0.15, 0.2) is 0 Å². The first kappa shape index (κ1) is 14.1. The van der Waals surface area contributed by atoms with Crippen LogP contribution in [0.2, 0.25) is 5.15 Å². The lowest BCUT2D eigenvalue weighted by Gasteiger charge is -2.32. The highest BCUT2D eigenvalue weighted by Crippen LogP contribution is 2.20. The highest BCUT2D eigenvalue weighted by Gasteiger charge is 2.24. The minimum Gasteiger partial charge on any atom is -0.396 e. The third-order valence-corrected chi connectivity index (χ3v) is 3.56. The maximum absolute atomic E-state index is 12.4. The Morgan fingerprint density at radius 3 is 3.11 bits per heavy atom. The standard InChI is InChI=1S/C13H18ClN3O2/c1-15-12-6-10(5-11(14)16-12)13(19)17-4-2-3-9(7-17)8-18/h5-6,9,18H,2-4,7-8H2,1H3,(H,15,16). The molecule has 1 aliphatic rings. The zero-order valence-corrected chi connectivity index (χ0v) is 11.7. The summed E-state index contributed by atoms with van der Waals surface area (Å²) in [6.45, 7) is 1.46. The molecule has 2 rings (SSSR count). The van der Waals surface area contributed by atoms with Gasteiger partial charge in [-0.05, 0) is 30.9 Å². The van der Waals surface area contributed by atoms with E-state index in [0.717, 1.165) is 19.4 Å². The number of likely N-dealkylation sites (tertiary alicyclic amines) is 1. The average Bonchev–Trinajstić information content (AvgIpc) is 2.45. The number of hydrogen-bond acceptors (Lipinski definition) is 4. The summed E-state index contributed by atoms with van der Waals surface area (Å²) in [5, 5.41) is 12.4. The molecule has 6 heteroatoms. The Balaban J connectivity index is 2.16. The average molecular weight is 284 g/mol. The number of piperidine rings is 1. The second-order valence-electron chi connectivity index (χ2n) is 4.76. The molecule has 1 fully saturated rings. The van der Waals surface area contributed by atoms with Crippen molar-refractivity contribution >= 4 is 23.3 Å². The number of carbonyl (C=O) groups is 1. The van der Waals surface area contributed by atoms with Crippen LogP contribution in [0.4, 0.5) is 5.82 Å². The summed E-state index contributed by atoms with van der Waals surface area (Å²) in [5.74, 6) is 0.698. The summed E-state index contributed by atoms with van der Waals surface area (Å²) in [4.78, 5) is 18.2. The summed E-state index contributed by atoms with van der Waals surface area (Å²) in [6, 6.07) is 3.27. The fraction of sp³-hybridized carbons (Fsp3) is 0.538. The molecular formula is C13H18ClN3O2. The Morgan fingerprint density at radius 1 is 1.63 bits per heavy atom. The third-order valence-electron chi connectivity index (χ3n) is 3.36. The lowest BCUT2D eigenvalue weighted by molar-refractivity contribution is 0.0620. The van der Waals surface area contributed by atoms with E-state index >= 15 is 0 Å². The Kier molecular flexibility index (Phi) is 4.61.